The summed E-state index contributed by atoms with van der Waals surface area (Å²) in [5.41, 5.74) is -2.10. The molecule has 0 aliphatic rings. The molecule has 0 radical (unpaired) electrons. The van der Waals surface area contributed by atoms with E-state index in [0.717, 1.165) is 32.6 Å². The van der Waals surface area contributed by atoms with Gasteiger partial charge in [-0.25, -0.2) is 18.6 Å². The molecule has 0 aromatic carbocycles. The lowest BCUT2D eigenvalue weighted by Crippen LogP contribution is -2.55. The molecule has 0 aromatic rings. The number of hydrogen-bond acceptors (Lipinski definition) is 5. The first-order chi connectivity index (χ1) is 11.8. The summed E-state index contributed by atoms with van der Waals surface area (Å²) in [6, 6.07) is 0. The van der Waals surface area contributed by atoms with Crippen molar-refractivity contribution in [1.29, 1.82) is 0 Å². The van der Waals surface area contributed by atoms with Crippen LogP contribution in [-0.2, 0) is 18.7 Å². The van der Waals surface area contributed by atoms with Crippen LogP contribution in [0.3, 0.4) is 0 Å². The summed E-state index contributed by atoms with van der Waals surface area (Å²) in [6.07, 6.45) is 10.4. The van der Waals surface area contributed by atoms with Crippen LogP contribution in [0, 0.1) is 0 Å². The topological polar surface area (TPSA) is 112 Å². The minimum atomic E-state index is -3.42. The van der Waals surface area contributed by atoms with Crippen molar-refractivity contribution in [1.82, 2.24) is 4.67 Å². The molecule has 0 bridgehead atoms. The van der Waals surface area contributed by atoms with Crippen molar-refractivity contribution in [3.8, 4) is 0 Å². The van der Waals surface area contributed by atoms with Crippen LogP contribution in [0.5, 0.6) is 0 Å². The van der Waals surface area contributed by atoms with Gasteiger partial charge in [0.15, 0.2) is 5.54 Å². The Labute approximate surface area is 150 Å². The number of hydrogen-bond donors (Lipinski definition) is 2. The van der Waals surface area contributed by atoms with Crippen molar-refractivity contribution < 1.29 is 28.9 Å². The molecule has 2 N–H and O–H groups in total. The second-order valence-electron chi connectivity index (χ2n) is 6.50. The minimum absolute atomic E-state index is 0.0851. The average molecular weight is 377 g/mol. The summed E-state index contributed by atoms with van der Waals surface area (Å²) >= 11 is 0. The minimum Gasteiger partial charge on any atom is -0.479 e. The SMILES string of the molecule is CCCCCCCCCCCC[C@](CO)(C(=O)O)N(C(C)=O)P(=O)=O. The largest absolute Gasteiger partial charge is 0.479 e. The molecule has 0 aliphatic carbocycles. The Bertz CT molecular complexity index is 472. The van der Waals surface area contributed by atoms with Crippen molar-refractivity contribution in [2.45, 2.75) is 90.0 Å². The van der Waals surface area contributed by atoms with E-state index in [4.69, 9.17) is 0 Å². The first kappa shape index (κ1) is 23.8. The number of carbonyl (C=O) groups excluding carboxylic acids is 1. The average Bonchev–Trinajstić information content (AvgIpc) is 2.54. The molecule has 7 nitrogen and oxygen atoms in total. The van der Waals surface area contributed by atoms with Crippen LogP contribution in [0.25, 0.3) is 0 Å². The second-order valence-corrected chi connectivity index (χ2v) is 7.37. The van der Waals surface area contributed by atoms with Gasteiger partial charge in [0.2, 0.25) is 5.91 Å². The Hall–Kier alpha value is -1.20. The van der Waals surface area contributed by atoms with Gasteiger partial charge in [0.1, 0.15) is 0 Å². The monoisotopic (exact) mass is 377 g/mol. The number of rotatable bonds is 15. The molecule has 0 rings (SSSR count). The molecule has 0 saturated heterocycles. The summed E-state index contributed by atoms with van der Waals surface area (Å²) in [5, 5.41) is 18.9. The Balaban J connectivity index is 4.39. The summed E-state index contributed by atoms with van der Waals surface area (Å²) in [4.78, 5) is 23.1. The maximum absolute atomic E-state index is 11.6. The van der Waals surface area contributed by atoms with Crippen LogP contribution in [-0.4, -0.2) is 38.9 Å². The zero-order valence-electron chi connectivity index (χ0n) is 15.4. The number of nitrogens with zero attached hydrogens (tertiary/aromatic N) is 1. The van der Waals surface area contributed by atoms with Gasteiger partial charge in [-0.3, -0.25) is 4.79 Å². The molecule has 0 fully saturated rings. The Kier molecular flexibility index (Phi) is 12.4. The van der Waals surface area contributed by atoms with Crippen LogP contribution in [0.4, 0.5) is 0 Å². The highest BCUT2D eigenvalue weighted by Crippen LogP contribution is 2.32. The van der Waals surface area contributed by atoms with E-state index in [9.17, 15) is 28.9 Å². The summed E-state index contributed by atoms with van der Waals surface area (Å²) in [7, 11) is -3.42. The van der Waals surface area contributed by atoms with Gasteiger partial charge in [0, 0.05) is 6.92 Å². The van der Waals surface area contributed by atoms with Crippen molar-refractivity contribution in [2.24, 2.45) is 0 Å². The Morgan fingerprint density at radius 3 is 1.68 bits per heavy atom. The van der Waals surface area contributed by atoms with Crippen molar-refractivity contribution >= 4 is 19.7 Å². The van der Waals surface area contributed by atoms with E-state index in [1.165, 1.54) is 32.1 Å². The molecule has 0 saturated carbocycles. The normalized spacial score (nSPS) is 13.2. The molecule has 0 aromatic heterocycles. The standard InChI is InChI=1S/C17H32NO6P/c1-3-4-5-6-7-8-9-10-11-12-13-17(14-19,16(21)22)18(15(2)20)25(23)24/h19H,3-14H2,1-2H3,(H,21,22)/t17-/m0/s1. The van der Waals surface area contributed by atoms with E-state index in [1.807, 2.05) is 0 Å². The van der Waals surface area contributed by atoms with Crippen LogP contribution in [0.1, 0.15) is 84.5 Å². The second kappa shape index (κ2) is 13.1. The third-order valence-electron chi connectivity index (χ3n) is 4.47. The maximum Gasteiger partial charge on any atom is 0.430 e. The first-order valence-corrected chi connectivity index (χ1v) is 10.3. The molecule has 146 valence electrons. The van der Waals surface area contributed by atoms with Gasteiger partial charge in [-0.1, -0.05) is 71.1 Å². The van der Waals surface area contributed by atoms with Crippen LogP contribution in [0.15, 0.2) is 0 Å². The van der Waals surface area contributed by atoms with Crippen molar-refractivity contribution in [3.05, 3.63) is 0 Å². The fourth-order valence-corrected chi connectivity index (χ4v) is 3.79. The van der Waals surface area contributed by atoms with E-state index in [2.05, 4.69) is 6.92 Å². The van der Waals surface area contributed by atoms with Crippen LogP contribution >= 0.6 is 7.83 Å². The van der Waals surface area contributed by atoms with E-state index in [0.29, 0.717) is 6.42 Å². The maximum atomic E-state index is 11.6. The number of carboxylic acids is 1. The first-order valence-electron chi connectivity index (χ1n) is 9.12. The van der Waals surface area contributed by atoms with E-state index in [1.54, 1.807) is 0 Å². The van der Waals surface area contributed by atoms with Gasteiger partial charge in [-0.15, -0.1) is 0 Å². The smallest absolute Gasteiger partial charge is 0.430 e. The molecule has 0 unspecified atom stereocenters. The van der Waals surface area contributed by atoms with Crippen LogP contribution in [0.2, 0.25) is 0 Å². The lowest BCUT2D eigenvalue weighted by Gasteiger charge is -2.33. The van der Waals surface area contributed by atoms with E-state index in [-0.39, 0.29) is 11.1 Å². The predicted molar refractivity (Wildman–Crippen MR) is 94.7 cm³/mol. The third kappa shape index (κ3) is 8.15. The quantitative estimate of drug-likeness (QED) is 0.329. The molecular formula is C17H32NO6P. The van der Waals surface area contributed by atoms with Crippen molar-refractivity contribution in [3.63, 3.8) is 0 Å². The number of carboxylic acid groups (broad SMARTS) is 1. The number of aliphatic hydroxyl groups excluding tert-OH is 1. The number of amides is 1. The third-order valence-corrected chi connectivity index (χ3v) is 5.46. The number of aliphatic hydroxyl groups is 1. The molecule has 0 aliphatic heterocycles. The molecular weight excluding hydrogens is 345 g/mol. The fourth-order valence-electron chi connectivity index (χ4n) is 2.99. The predicted octanol–water partition coefficient (Wildman–Crippen LogP) is 4.05. The summed E-state index contributed by atoms with van der Waals surface area (Å²) in [6.45, 7) is 2.24. The Morgan fingerprint density at radius 2 is 1.36 bits per heavy atom. The molecule has 0 heterocycles. The molecule has 0 spiro atoms. The molecule has 8 heteroatoms. The summed E-state index contributed by atoms with van der Waals surface area (Å²) < 4.78 is 22.9. The molecule has 1 atom stereocenters. The van der Waals surface area contributed by atoms with Crippen LogP contribution < -0.4 is 0 Å². The fraction of sp³-hybridized carbons (Fsp3) is 0.882. The van der Waals surface area contributed by atoms with Gasteiger partial charge >= 0.3 is 13.8 Å². The lowest BCUT2D eigenvalue weighted by molar-refractivity contribution is -0.156. The van der Waals surface area contributed by atoms with Gasteiger partial charge in [0.05, 0.1) is 6.61 Å². The van der Waals surface area contributed by atoms with Gasteiger partial charge < -0.3 is 10.2 Å². The zero-order valence-corrected chi connectivity index (χ0v) is 16.3. The highest BCUT2D eigenvalue weighted by Gasteiger charge is 2.48. The van der Waals surface area contributed by atoms with Gasteiger partial charge in [0.25, 0.3) is 0 Å². The van der Waals surface area contributed by atoms with E-state index < -0.39 is 31.9 Å². The highest BCUT2D eigenvalue weighted by atomic mass is 31.1. The van der Waals surface area contributed by atoms with Gasteiger partial charge in [-0.2, -0.15) is 0 Å². The number of carbonyl (C=O) groups is 2. The summed E-state index contributed by atoms with van der Waals surface area (Å²) in [5.74, 6) is -2.40. The number of aliphatic carboxylic acids is 1. The number of unbranched alkanes of at least 4 members (excludes halogenated alkanes) is 9. The highest BCUT2D eigenvalue weighted by molar-refractivity contribution is 7.29. The van der Waals surface area contributed by atoms with Gasteiger partial charge in [-0.05, 0) is 6.42 Å². The molecule has 1 amide bonds. The van der Waals surface area contributed by atoms with Crippen molar-refractivity contribution in [2.75, 3.05) is 6.61 Å². The lowest BCUT2D eigenvalue weighted by atomic mass is 9.92. The molecule has 25 heavy (non-hydrogen) atoms. The van der Waals surface area contributed by atoms with E-state index >= 15 is 0 Å². The zero-order chi connectivity index (χ0) is 19.3. The Morgan fingerprint density at radius 1 is 0.920 bits per heavy atom.